The molecular formula is C14H16F3N3O5. The van der Waals surface area contributed by atoms with Crippen LogP contribution in [0.3, 0.4) is 0 Å². The quantitative estimate of drug-likeness (QED) is 0.844. The van der Waals surface area contributed by atoms with Gasteiger partial charge < -0.3 is 19.6 Å². The van der Waals surface area contributed by atoms with Crippen LogP contribution >= 0.6 is 0 Å². The van der Waals surface area contributed by atoms with E-state index in [4.69, 9.17) is 14.3 Å². The molecule has 1 aliphatic carbocycles. The molecule has 1 aromatic rings. The Balaban J connectivity index is 1.33. The van der Waals surface area contributed by atoms with Crippen LogP contribution in [0.2, 0.25) is 0 Å². The number of nitrogens with zero attached hydrogens (tertiary/aromatic N) is 2. The zero-order chi connectivity index (χ0) is 17.8. The number of hydrogen-bond acceptors (Lipinski definition) is 6. The molecule has 2 aliphatic heterocycles. The van der Waals surface area contributed by atoms with E-state index in [9.17, 15) is 18.0 Å². The van der Waals surface area contributed by atoms with Crippen LogP contribution in [0.1, 0.15) is 49.3 Å². The number of nitrogens with one attached hydrogen (secondary N) is 1. The molecule has 3 aliphatic rings. The summed E-state index contributed by atoms with van der Waals surface area (Å²) in [5.74, 6) is 0.381. The smallest absolute Gasteiger partial charge is 0.465 e. The van der Waals surface area contributed by atoms with Crippen molar-refractivity contribution in [2.75, 3.05) is 0 Å². The maximum atomic E-state index is 12.1. The molecule has 11 heteroatoms. The summed E-state index contributed by atoms with van der Waals surface area (Å²) in [5.41, 5.74) is 0. The van der Waals surface area contributed by atoms with Gasteiger partial charge in [-0.25, -0.2) is 4.79 Å². The molecule has 3 heterocycles. The largest absolute Gasteiger partial charge is 0.522 e. The zero-order valence-electron chi connectivity index (χ0n) is 12.9. The molecule has 0 spiro atoms. The highest BCUT2D eigenvalue weighted by molar-refractivity contribution is 5.65. The Bertz CT molecular complexity index is 660. The van der Waals surface area contributed by atoms with Crippen LogP contribution < -0.4 is 5.32 Å². The van der Waals surface area contributed by atoms with Crippen LogP contribution in [-0.2, 0) is 9.47 Å². The molecule has 2 N–H and O–H groups in total. The molecular weight excluding hydrogens is 347 g/mol. The van der Waals surface area contributed by atoms with Gasteiger partial charge in [0.05, 0.1) is 30.3 Å². The summed E-state index contributed by atoms with van der Waals surface area (Å²) in [6, 6.07) is -0.243. The summed E-state index contributed by atoms with van der Waals surface area (Å²) in [5, 5.41) is 19.2. The Kier molecular flexibility index (Phi) is 3.87. The minimum atomic E-state index is -4.63. The van der Waals surface area contributed by atoms with Gasteiger partial charge in [-0.1, -0.05) is 0 Å². The number of alkyl halides is 3. The lowest BCUT2D eigenvalue weighted by atomic mass is 9.82. The van der Waals surface area contributed by atoms with Gasteiger partial charge in [-0.3, -0.25) is 4.74 Å². The van der Waals surface area contributed by atoms with Gasteiger partial charge in [0, 0.05) is 5.92 Å². The molecule has 2 bridgehead atoms. The molecule has 1 aromatic heterocycles. The minimum Gasteiger partial charge on any atom is -0.465 e. The highest BCUT2D eigenvalue weighted by Crippen LogP contribution is 2.46. The van der Waals surface area contributed by atoms with E-state index in [2.05, 4.69) is 20.3 Å². The SMILES string of the molecule is O=C(O)NC1CC2OC1CC2c1nnc([C@H]2C[C@@H](OC(F)(F)F)C2)o1. The first kappa shape index (κ1) is 16.6. The van der Waals surface area contributed by atoms with Crippen LogP contribution in [0, 0.1) is 0 Å². The summed E-state index contributed by atoms with van der Waals surface area (Å²) in [4.78, 5) is 10.7. The normalized spacial score (nSPS) is 37.1. The Morgan fingerprint density at radius 3 is 2.48 bits per heavy atom. The fourth-order valence-electron chi connectivity index (χ4n) is 3.84. The average molecular weight is 363 g/mol. The van der Waals surface area contributed by atoms with Crippen LogP contribution in [0.25, 0.3) is 0 Å². The third-order valence-corrected chi connectivity index (χ3v) is 5.05. The topological polar surface area (TPSA) is 107 Å². The first-order valence-electron chi connectivity index (χ1n) is 8.01. The number of aromatic nitrogens is 2. The Hall–Kier alpha value is -1.88. The van der Waals surface area contributed by atoms with Gasteiger partial charge in [0.2, 0.25) is 11.8 Å². The van der Waals surface area contributed by atoms with E-state index in [0.717, 1.165) is 0 Å². The van der Waals surface area contributed by atoms with Crippen LogP contribution in [0.4, 0.5) is 18.0 Å². The molecule has 4 unspecified atom stereocenters. The number of amides is 1. The number of hydrogen-bond donors (Lipinski definition) is 2. The molecule has 0 radical (unpaired) electrons. The van der Waals surface area contributed by atoms with Gasteiger partial charge in [-0.05, 0) is 25.7 Å². The average Bonchev–Trinajstić information content (AvgIpc) is 3.14. The predicted octanol–water partition coefficient (Wildman–Crippen LogP) is 2.13. The molecule has 25 heavy (non-hydrogen) atoms. The summed E-state index contributed by atoms with van der Waals surface area (Å²) in [6.45, 7) is 0. The molecule has 2 saturated heterocycles. The lowest BCUT2D eigenvalue weighted by molar-refractivity contribution is -0.352. The van der Waals surface area contributed by atoms with E-state index in [1.165, 1.54) is 0 Å². The van der Waals surface area contributed by atoms with Crippen molar-refractivity contribution in [2.45, 2.75) is 68.2 Å². The van der Waals surface area contributed by atoms with Crippen molar-refractivity contribution in [3.8, 4) is 0 Å². The summed E-state index contributed by atoms with van der Waals surface area (Å²) in [7, 11) is 0. The Morgan fingerprint density at radius 1 is 1.16 bits per heavy atom. The van der Waals surface area contributed by atoms with Crippen molar-refractivity contribution in [3.05, 3.63) is 11.8 Å². The summed E-state index contributed by atoms with van der Waals surface area (Å²) >= 11 is 0. The Morgan fingerprint density at radius 2 is 1.88 bits per heavy atom. The van der Waals surface area contributed by atoms with Gasteiger partial charge in [0.15, 0.2) is 0 Å². The van der Waals surface area contributed by atoms with E-state index in [-0.39, 0.29) is 42.9 Å². The third kappa shape index (κ3) is 3.30. The first-order valence-corrected chi connectivity index (χ1v) is 8.01. The second kappa shape index (κ2) is 5.84. The maximum absolute atomic E-state index is 12.1. The van der Waals surface area contributed by atoms with Gasteiger partial charge in [-0.15, -0.1) is 23.4 Å². The van der Waals surface area contributed by atoms with Crippen molar-refractivity contribution in [3.63, 3.8) is 0 Å². The molecule has 8 nitrogen and oxygen atoms in total. The lowest BCUT2D eigenvalue weighted by Gasteiger charge is -2.32. The van der Waals surface area contributed by atoms with Gasteiger partial charge in [0.25, 0.3) is 0 Å². The second-order valence-corrected chi connectivity index (χ2v) is 6.68. The molecule has 1 amide bonds. The van der Waals surface area contributed by atoms with Crippen LogP contribution in [-0.4, -0.2) is 52.1 Å². The fourth-order valence-corrected chi connectivity index (χ4v) is 3.84. The summed E-state index contributed by atoms with van der Waals surface area (Å²) in [6.07, 6.45) is -5.51. The van der Waals surface area contributed by atoms with Crippen LogP contribution in [0.15, 0.2) is 4.42 Å². The van der Waals surface area contributed by atoms with E-state index >= 15 is 0 Å². The van der Waals surface area contributed by atoms with E-state index in [1.807, 2.05) is 0 Å². The molecule has 3 fully saturated rings. The van der Waals surface area contributed by atoms with Crippen LogP contribution in [0.5, 0.6) is 0 Å². The predicted molar refractivity (Wildman–Crippen MR) is 72.8 cm³/mol. The first-order chi connectivity index (χ1) is 11.8. The van der Waals surface area contributed by atoms with Crippen molar-refractivity contribution in [2.24, 2.45) is 0 Å². The summed E-state index contributed by atoms with van der Waals surface area (Å²) < 4.78 is 51.7. The van der Waals surface area contributed by atoms with Crippen molar-refractivity contribution >= 4 is 6.09 Å². The van der Waals surface area contributed by atoms with E-state index in [0.29, 0.717) is 24.6 Å². The van der Waals surface area contributed by atoms with Crippen molar-refractivity contribution < 1.29 is 37.0 Å². The van der Waals surface area contributed by atoms with Crippen molar-refractivity contribution in [1.29, 1.82) is 0 Å². The molecule has 138 valence electrons. The van der Waals surface area contributed by atoms with E-state index < -0.39 is 18.6 Å². The third-order valence-electron chi connectivity index (χ3n) is 5.05. The number of carbonyl (C=O) groups is 1. The highest BCUT2D eigenvalue weighted by Gasteiger charge is 2.50. The van der Waals surface area contributed by atoms with E-state index in [1.54, 1.807) is 0 Å². The molecule has 0 aromatic carbocycles. The van der Waals surface area contributed by atoms with Gasteiger partial charge in [0.1, 0.15) is 0 Å². The maximum Gasteiger partial charge on any atom is 0.522 e. The monoisotopic (exact) mass is 363 g/mol. The number of rotatable bonds is 4. The Labute approximate surface area is 139 Å². The fraction of sp³-hybridized carbons (Fsp3) is 0.786. The highest BCUT2D eigenvalue weighted by atomic mass is 19.4. The lowest BCUT2D eigenvalue weighted by Crippen LogP contribution is -2.41. The number of fused-ring (bicyclic) bond motifs is 2. The second-order valence-electron chi connectivity index (χ2n) is 6.68. The van der Waals surface area contributed by atoms with Gasteiger partial charge in [-0.2, -0.15) is 0 Å². The number of halogens is 3. The van der Waals surface area contributed by atoms with Gasteiger partial charge >= 0.3 is 12.5 Å². The zero-order valence-corrected chi connectivity index (χ0v) is 12.9. The molecule has 1 saturated carbocycles. The number of ether oxygens (including phenoxy) is 2. The number of carboxylic acid groups (broad SMARTS) is 1. The van der Waals surface area contributed by atoms with Crippen molar-refractivity contribution in [1.82, 2.24) is 15.5 Å². The molecule has 4 rings (SSSR count). The molecule has 4 atom stereocenters. The standard InChI is InChI=1S/C14H16F3N3O5/c15-14(16,17)25-6-1-5(2-6)11-19-20-12(24-11)7-3-10-8(18-13(21)22)4-9(7)23-10/h5-10,18H,1-4H2,(H,21,22)/t5-,6+,7?,8?,9?,10?. The minimum absolute atomic E-state index is 0.111.